The van der Waals surface area contributed by atoms with Crippen molar-refractivity contribution in [3.63, 3.8) is 0 Å². The van der Waals surface area contributed by atoms with Crippen LogP contribution < -0.4 is 0 Å². The van der Waals surface area contributed by atoms with Gasteiger partial charge < -0.3 is 10.0 Å². The van der Waals surface area contributed by atoms with E-state index >= 15 is 0 Å². The van der Waals surface area contributed by atoms with Gasteiger partial charge in [0.05, 0.1) is 11.6 Å². The SMILES string of the molecule is CCCCC(CC)CN1C(=O)C(O)=C(C(C)=O)C1c1ccc(CC)cc1. The molecule has 1 aliphatic rings. The first kappa shape index (κ1) is 20.2. The predicted octanol–water partition coefficient (Wildman–Crippen LogP) is 4.75. The molecule has 2 atom stereocenters. The highest BCUT2D eigenvalue weighted by atomic mass is 16.3. The maximum absolute atomic E-state index is 12.7. The molecule has 0 fully saturated rings. The van der Waals surface area contributed by atoms with Crippen LogP contribution in [0.3, 0.4) is 0 Å². The number of rotatable bonds is 9. The van der Waals surface area contributed by atoms with E-state index in [4.69, 9.17) is 0 Å². The van der Waals surface area contributed by atoms with E-state index in [0.717, 1.165) is 37.7 Å². The van der Waals surface area contributed by atoms with Gasteiger partial charge in [0.25, 0.3) is 5.91 Å². The third-order valence-electron chi connectivity index (χ3n) is 5.38. The van der Waals surface area contributed by atoms with Gasteiger partial charge in [-0.2, -0.15) is 0 Å². The van der Waals surface area contributed by atoms with Crippen LogP contribution in [0.5, 0.6) is 0 Å². The summed E-state index contributed by atoms with van der Waals surface area (Å²) in [6.07, 6.45) is 5.20. The standard InChI is InChI=1S/C22H31NO3/c1-5-8-9-17(7-3)14-23-20(18-12-10-16(6-2)11-13-18)19(15(4)24)21(25)22(23)26/h10-13,17,20,25H,5-9,14H2,1-4H3. The Kier molecular flexibility index (Phi) is 7.01. The maximum Gasteiger partial charge on any atom is 0.290 e. The zero-order valence-corrected chi connectivity index (χ0v) is 16.4. The number of aryl methyl sites for hydroxylation is 1. The Morgan fingerprint density at radius 3 is 2.35 bits per heavy atom. The van der Waals surface area contributed by atoms with E-state index in [1.54, 1.807) is 4.90 Å². The van der Waals surface area contributed by atoms with E-state index in [-0.39, 0.29) is 17.1 Å². The molecule has 0 radical (unpaired) electrons. The highest BCUT2D eigenvalue weighted by Gasteiger charge is 2.42. The molecule has 0 saturated heterocycles. The van der Waals surface area contributed by atoms with Crippen molar-refractivity contribution < 1.29 is 14.7 Å². The molecule has 1 N–H and O–H groups in total. The Bertz CT molecular complexity index is 675. The first-order valence-corrected chi connectivity index (χ1v) is 9.78. The number of aliphatic hydroxyl groups is 1. The molecule has 1 aromatic carbocycles. The molecule has 4 heteroatoms. The fourth-order valence-corrected chi connectivity index (χ4v) is 3.68. The molecule has 1 aliphatic heterocycles. The van der Waals surface area contributed by atoms with Crippen molar-refractivity contribution in [2.75, 3.05) is 6.54 Å². The molecule has 0 saturated carbocycles. The molecule has 0 bridgehead atoms. The van der Waals surface area contributed by atoms with Crippen molar-refractivity contribution >= 4 is 11.7 Å². The first-order valence-electron chi connectivity index (χ1n) is 9.78. The summed E-state index contributed by atoms with van der Waals surface area (Å²) < 4.78 is 0. The minimum atomic E-state index is -0.485. The number of benzene rings is 1. The number of hydrogen-bond acceptors (Lipinski definition) is 3. The van der Waals surface area contributed by atoms with Crippen molar-refractivity contribution in [2.24, 2.45) is 5.92 Å². The number of aliphatic hydroxyl groups excluding tert-OH is 1. The van der Waals surface area contributed by atoms with E-state index in [1.807, 2.05) is 24.3 Å². The van der Waals surface area contributed by atoms with Crippen molar-refractivity contribution in [1.82, 2.24) is 4.90 Å². The van der Waals surface area contributed by atoms with Crippen LogP contribution >= 0.6 is 0 Å². The molecule has 2 unspecified atom stereocenters. The van der Waals surface area contributed by atoms with Crippen LogP contribution in [0.1, 0.15) is 70.5 Å². The molecule has 142 valence electrons. The number of amides is 1. The Hall–Kier alpha value is -2.10. The van der Waals surface area contributed by atoms with Gasteiger partial charge in [-0.15, -0.1) is 0 Å². The van der Waals surface area contributed by atoms with Crippen LogP contribution in [0.25, 0.3) is 0 Å². The molecule has 0 aliphatic carbocycles. The summed E-state index contributed by atoms with van der Waals surface area (Å²) in [4.78, 5) is 26.6. The average molecular weight is 357 g/mol. The quantitative estimate of drug-likeness (QED) is 0.694. The van der Waals surface area contributed by atoms with Crippen LogP contribution in [0, 0.1) is 5.92 Å². The van der Waals surface area contributed by atoms with Crippen molar-refractivity contribution in [3.05, 3.63) is 46.7 Å². The molecule has 26 heavy (non-hydrogen) atoms. The van der Waals surface area contributed by atoms with Crippen LogP contribution in [0.4, 0.5) is 0 Å². The summed E-state index contributed by atoms with van der Waals surface area (Å²) in [5.74, 6) is -0.679. The van der Waals surface area contributed by atoms with Crippen molar-refractivity contribution in [2.45, 2.75) is 65.8 Å². The number of carbonyl (C=O) groups excluding carboxylic acids is 2. The zero-order chi connectivity index (χ0) is 19.3. The van der Waals surface area contributed by atoms with Crippen LogP contribution in [0.15, 0.2) is 35.6 Å². The number of Topliss-reactive ketones (excluding diaryl/α,β-unsaturated/α-hetero) is 1. The molecule has 2 rings (SSSR count). The highest BCUT2D eigenvalue weighted by Crippen LogP contribution is 2.38. The summed E-state index contributed by atoms with van der Waals surface area (Å²) in [5, 5.41) is 10.4. The van der Waals surface area contributed by atoms with Gasteiger partial charge in [0.2, 0.25) is 0 Å². The monoisotopic (exact) mass is 357 g/mol. The second kappa shape index (κ2) is 9.02. The second-order valence-corrected chi connectivity index (χ2v) is 7.19. The van der Waals surface area contributed by atoms with Gasteiger partial charge in [0.1, 0.15) is 0 Å². The van der Waals surface area contributed by atoms with Gasteiger partial charge in [-0.05, 0) is 36.8 Å². The highest BCUT2D eigenvalue weighted by molar-refractivity contribution is 6.08. The number of ketones is 1. The van der Waals surface area contributed by atoms with Crippen LogP contribution in [-0.4, -0.2) is 28.2 Å². The molecule has 1 amide bonds. The first-order chi connectivity index (χ1) is 12.4. The molecular formula is C22H31NO3. The minimum Gasteiger partial charge on any atom is -0.503 e. The summed E-state index contributed by atoms with van der Waals surface area (Å²) in [5.41, 5.74) is 2.32. The van der Waals surface area contributed by atoms with E-state index < -0.39 is 11.9 Å². The molecule has 1 aromatic rings. The topological polar surface area (TPSA) is 57.6 Å². The zero-order valence-electron chi connectivity index (χ0n) is 16.4. The maximum atomic E-state index is 12.7. The van der Waals surface area contributed by atoms with E-state index in [0.29, 0.717) is 12.5 Å². The normalized spacial score (nSPS) is 18.5. The largest absolute Gasteiger partial charge is 0.503 e. The molecular weight excluding hydrogens is 326 g/mol. The Morgan fingerprint density at radius 2 is 1.85 bits per heavy atom. The van der Waals surface area contributed by atoms with Crippen LogP contribution in [0.2, 0.25) is 0 Å². The summed E-state index contributed by atoms with van der Waals surface area (Å²) in [7, 11) is 0. The van der Waals surface area contributed by atoms with Crippen molar-refractivity contribution in [3.8, 4) is 0 Å². The molecule has 1 heterocycles. The van der Waals surface area contributed by atoms with E-state index in [1.165, 1.54) is 12.5 Å². The summed E-state index contributed by atoms with van der Waals surface area (Å²) in [6, 6.07) is 7.51. The lowest BCUT2D eigenvalue weighted by Gasteiger charge is -2.30. The summed E-state index contributed by atoms with van der Waals surface area (Å²) >= 11 is 0. The smallest absolute Gasteiger partial charge is 0.290 e. The Balaban J connectivity index is 2.38. The van der Waals surface area contributed by atoms with Gasteiger partial charge in [0, 0.05) is 6.54 Å². The fourth-order valence-electron chi connectivity index (χ4n) is 3.68. The lowest BCUT2D eigenvalue weighted by atomic mass is 9.93. The van der Waals surface area contributed by atoms with Gasteiger partial charge in [-0.3, -0.25) is 9.59 Å². The molecule has 0 aromatic heterocycles. The second-order valence-electron chi connectivity index (χ2n) is 7.19. The minimum absolute atomic E-state index is 0.226. The van der Waals surface area contributed by atoms with Gasteiger partial charge in [-0.1, -0.05) is 64.3 Å². The summed E-state index contributed by atoms with van der Waals surface area (Å²) in [6.45, 7) is 8.37. The average Bonchev–Trinajstić information content (AvgIpc) is 2.89. The van der Waals surface area contributed by atoms with Gasteiger partial charge in [0.15, 0.2) is 11.5 Å². The Morgan fingerprint density at radius 1 is 1.19 bits per heavy atom. The van der Waals surface area contributed by atoms with Crippen molar-refractivity contribution in [1.29, 1.82) is 0 Å². The van der Waals surface area contributed by atoms with E-state index in [9.17, 15) is 14.7 Å². The lowest BCUT2D eigenvalue weighted by molar-refractivity contribution is -0.130. The fraction of sp³-hybridized carbons (Fsp3) is 0.545. The van der Waals surface area contributed by atoms with Crippen LogP contribution in [-0.2, 0) is 16.0 Å². The number of unbranched alkanes of at least 4 members (excludes halogenated alkanes) is 1. The predicted molar refractivity (Wildman–Crippen MR) is 104 cm³/mol. The third kappa shape index (κ3) is 4.17. The molecule has 4 nitrogen and oxygen atoms in total. The van der Waals surface area contributed by atoms with Gasteiger partial charge in [-0.25, -0.2) is 0 Å². The Labute approximate surface area is 156 Å². The number of nitrogens with zero attached hydrogens (tertiary/aromatic N) is 1. The number of hydrogen-bond donors (Lipinski definition) is 1. The van der Waals surface area contributed by atoms with Gasteiger partial charge >= 0.3 is 0 Å². The third-order valence-corrected chi connectivity index (χ3v) is 5.38. The molecule has 0 spiro atoms. The lowest BCUT2D eigenvalue weighted by Crippen LogP contribution is -2.35. The number of carbonyl (C=O) groups is 2. The van der Waals surface area contributed by atoms with E-state index in [2.05, 4.69) is 20.8 Å².